The van der Waals surface area contributed by atoms with Gasteiger partial charge in [-0.1, -0.05) is 13.0 Å². The third kappa shape index (κ3) is 3.14. The fourth-order valence-electron chi connectivity index (χ4n) is 2.57. The van der Waals surface area contributed by atoms with Crippen molar-refractivity contribution in [3.63, 3.8) is 0 Å². The van der Waals surface area contributed by atoms with Crippen LogP contribution in [-0.4, -0.2) is 36.8 Å². The van der Waals surface area contributed by atoms with Gasteiger partial charge in [0.1, 0.15) is 6.04 Å². The predicted molar refractivity (Wildman–Crippen MR) is 76.3 cm³/mol. The summed E-state index contributed by atoms with van der Waals surface area (Å²) in [5.74, 6) is 0.318. The monoisotopic (exact) mass is 262 g/mol. The number of nitrogens with one attached hydrogen (secondary N) is 1. The Hall–Kier alpha value is -1.39. The number of nitrogens with zero attached hydrogens (tertiary/aromatic N) is 1. The fraction of sp³-hybridized carbons (Fsp3) is 0.533. The largest absolute Gasteiger partial charge is 0.394 e. The highest BCUT2D eigenvalue weighted by Crippen LogP contribution is 2.22. The number of aryl methyl sites for hydroxylation is 2. The van der Waals surface area contributed by atoms with Gasteiger partial charge in [-0.25, -0.2) is 0 Å². The Morgan fingerprint density at radius 3 is 2.53 bits per heavy atom. The zero-order chi connectivity index (χ0) is 14.0. The molecule has 1 saturated heterocycles. The zero-order valence-corrected chi connectivity index (χ0v) is 11.8. The Bertz CT molecular complexity index is 453. The molecule has 1 heterocycles. The van der Waals surface area contributed by atoms with Gasteiger partial charge < -0.3 is 15.3 Å². The maximum Gasteiger partial charge on any atom is 0.246 e. The van der Waals surface area contributed by atoms with Gasteiger partial charge in [0, 0.05) is 18.8 Å². The molecule has 1 amide bonds. The number of amides is 1. The van der Waals surface area contributed by atoms with Gasteiger partial charge in [-0.3, -0.25) is 4.79 Å². The maximum atomic E-state index is 12.4. The first kappa shape index (κ1) is 14.0. The van der Waals surface area contributed by atoms with Gasteiger partial charge >= 0.3 is 0 Å². The molecule has 1 aliphatic heterocycles. The summed E-state index contributed by atoms with van der Waals surface area (Å²) in [5, 5.41) is 12.5. The summed E-state index contributed by atoms with van der Waals surface area (Å²) in [5.41, 5.74) is 3.22. The summed E-state index contributed by atoms with van der Waals surface area (Å²) in [7, 11) is 0. The number of anilines is 1. The summed E-state index contributed by atoms with van der Waals surface area (Å²) in [6.45, 7) is 7.44. The normalized spacial score (nSPS) is 24.4. The average Bonchev–Trinajstić information content (AvgIpc) is 2.48. The van der Waals surface area contributed by atoms with Crippen molar-refractivity contribution in [1.82, 2.24) is 5.32 Å². The van der Waals surface area contributed by atoms with Crippen molar-refractivity contribution in [2.24, 2.45) is 5.92 Å². The highest BCUT2D eigenvalue weighted by molar-refractivity contribution is 5.97. The van der Waals surface area contributed by atoms with E-state index in [1.807, 2.05) is 26.0 Å². The Kier molecular flexibility index (Phi) is 4.22. The molecule has 2 rings (SSSR count). The lowest BCUT2D eigenvalue weighted by molar-refractivity contribution is -0.121. The number of aliphatic hydroxyl groups is 1. The lowest BCUT2D eigenvalue weighted by Crippen LogP contribution is -2.46. The van der Waals surface area contributed by atoms with E-state index in [0.29, 0.717) is 12.5 Å². The molecule has 19 heavy (non-hydrogen) atoms. The standard InChI is InChI=1S/C15H22N2O2/c1-10-4-11(2)6-13(5-10)17-8-12(3)7-16-14(9-18)15(17)19/h4-6,12,14,16,18H,7-9H2,1-3H3. The molecule has 1 aromatic rings. The highest BCUT2D eigenvalue weighted by atomic mass is 16.3. The van der Waals surface area contributed by atoms with E-state index < -0.39 is 6.04 Å². The van der Waals surface area contributed by atoms with E-state index in [-0.39, 0.29) is 12.5 Å². The molecule has 0 aliphatic carbocycles. The smallest absolute Gasteiger partial charge is 0.246 e. The average molecular weight is 262 g/mol. The third-order valence-electron chi connectivity index (χ3n) is 3.47. The van der Waals surface area contributed by atoms with Gasteiger partial charge in [-0.2, -0.15) is 0 Å². The van der Waals surface area contributed by atoms with Gasteiger partial charge in [-0.05, 0) is 43.0 Å². The van der Waals surface area contributed by atoms with Gasteiger partial charge in [0.2, 0.25) is 5.91 Å². The van der Waals surface area contributed by atoms with Gasteiger partial charge in [0.25, 0.3) is 0 Å². The lowest BCUT2D eigenvalue weighted by Gasteiger charge is -2.25. The van der Waals surface area contributed by atoms with Crippen molar-refractivity contribution in [3.8, 4) is 0 Å². The molecule has 0 radical (unpaired) electrons. The molecule has 0 aromatic heterocycles. The van der Waals surface area contributed by atoms with Crippen molar-refractivity contribution < 1.29 is 9.90 Å². The second-order valence-corrected chi connectivity index (χ2v) is 5.54. The van der Waals surface area contributed by atoms with Crippen LogP contribution in [0.1, 0.15) is 18.1 Å². The first-order valence-electron chi connectivity index (χ1n) is 6.75. The summed E-state index contributed by atoms with van der Waals surface area (Å²) >= 11 is 0. The minimum absolute atomic E-state index is 0.0446. The van der Waals surface area contributed by atoms with Crippen LogP contribution < -0.4 is 10.2 Å². The van der Waals surface area contributed by atoms with Crippen LogP contribution in [0.4, 0.5) is 5.69 Å². The van der Waals surface area contributed by atoms with Crippen LogP contribution in [0.15, 0.2) is 18.2 Å². The zero-order valence-electron chi connectivity index (χ0n) is 11.8. The number of carbonyl (C=O) groups is 1. The molecule has 2 atom stereocenters. The van der Waals surface area contributed by atoms with E-state index in [4.69, 9.17) is 0 Å². The van der Waals surface area contributed by atoms with E-state index in [0.717, 1.165) is 23.4 Å². The van der Waals surface area contributed by atoms with Crippen molar-refractivity contribution in [2.45, 2.75) is 26.8 Å². The quantitative estimate of drug-likeness (QED) is 0.843. The summed E-state index contributed by atoms with van der Waals surface area (Å²) < 4.78 is 0. The van der Waals surface area contributed by atoms with E-state index in [1.165, 1.54) is 0 Å². The predicted octanol–water partition coefficient (Wildman–Crippen LogP) is 1.24. The van der Waals surface area contributed by atoms with E-state index in [2.05, 4.69) is 18.3 Å². The van der Waals surface area contributed by atoms with Crippen LogP contribution in [0.3, 0.4) is 0 Å². The second-order valence-electron chi connectivity index (χ2n) is 5.54. The number of carbonyl (C=O) groups excluding carboxylic acids is 1. The molecule has 4 nitrogen and oxygen atoms in total. The molecule has 2 unspecified atom stereocenters. The van der Waals surface area contributed by atoms with E-state index >= 15 is 0 Å². The first-order chi connectivity index (χ1) is 9.01. The topological polar surface area (TPSA) is 52.6 Å². The molecule has 104 valence electrons. The van der Waals surface area contributed by atoms with Gasteiger partial charge in [-0.15, -0.1) is 0 Å². The van der Waals surface area contributed by atoms with Crippen molar-refractivity contribution in [1.29, 1.82) is 0 Å². The van der Waals surface area contributed by atoms with E-state index in [1.54, 1.807) is 4.90 Å². The number of benzene rings is 1. The molecule has 4 heteroatoms. The van der Waals surface area contributed by atoms with Crippen LogP contribution in [0.5, 0.6) is 0 Å². The second kappa shape index (κ2) is 5.72. The highest BCUT2D eigenvalue weighted by Gasteiger charge is 2.29. The summed E-state index contributed by atoms with van der Waals surface area (Å²) in [6, 6.07) is 5.65. The Labute approximate surface area is 114 Å². The number of hydrogen-bond acceptors (Lipinski definition) is 3. The molecule has 0 saturated carbocycles. The van der Waals surface area contributed by atoms with Crippen molar-refractivity contribution in [3.05, 3.63) is 29.3 Å². The van der Waals surface area contributed by atoms with E-state index in [9.17, 15) is 9.90 Å². The fourth-order valence-corrected chi connectivity index (χ4v) is 2.57. The molecular weight excluding hydrogens is 240 g/mol. The van der Waals surface area contributed by atoms with Crippen LogP contribution in [0.25, 0.3) is 0 Å². The maximum absolute atomic E-state index is 12.4. The molecule has 0 bridgehead atoms. The minimum atomic E-state index is -0.495. The van der Waals surface area contributed by atoms with Crippen LogP contribution in [0, 0.1) is 19.8 Å². The molecule has 0 spiro atoms. The summed E-state index contributed by atoms with van der Waals surface area (Å²) in [4.78, 5) is 14.2. The van der Waals surface area contributed by atoms with Gasteiger partial charge in [0.05, 0.1) is 6.61 Å². The Morgan fingerprint density at radius 2 is 1.95 bits per heavy atom. The molecule has 1 aliphatic rings. The van der Waals surface area contributed by atoms with Crippen LogP contribution in [0.2, 0.25) is 0 Å². The molecular formula is C15H22N2O2. The Balaban J connectivity index is 2.36. The van der Waals surface area contributed by atoms with Gasteiger partial charge in [0.15, 0.2) is 0 Å². The number of aliphatic hydroxyl groups excluding tert-OH is 1. The minimum Gasteiger partial charge on any atom is -0.394 e. The number of hydrogen-bond donors (Lipinski definition) is 2. The summed E-state index contributed by atoms with van der Waals surface area (Å²) in [6.07, 6.45) is 0. The molecule has 1 aromatic carbocycles. The van der Waals surface area contributed by atoms with Crippen LogP contribution >= 0.6 is 0 Å². The van der Waals surface area contributed by atoms with Crippen molar-refractivity contribution >= 4 is 11.6 Å². The third-order valence-corrected chi connectivity index (χ3v) is 3.47. The van der Waals surface area contributed by atoms with Crippen molar-refractivity contribution in [2.75, 3.05) is 24.6 Å². The SMILES string of the molecule is Cc1cc(C)cc(N2CC(C)CNC(CO)C2=O)c1. The first-order valence-corrected chi connectivity index (χ1v) is 6.75. The lowest BCUT2D eigenvalue weighted by atomic mass is 10.1. The Morgan fingerprint density at radius 1 is 1.32 bits per heavy atom. The molecule has 2 N–H and O–H groups in total. The van der Waals surface area contributed by atoms with Crippen LogP contribution in [-0.2, 0) is 4.79 Å². The molecule has 1 fully saturated rings. The number of rotatable bonds is 2.